The first-order valence-electron chi connectivity index (χ1n) is 7.37. The number of H-pyrrole nitrogens is 1. The van der Waals surface area contributed by atoms with Gasteiger partial charge in [0.25, 0.3) is 0 Å². The van der Waals surface area contributed by atoms with Gasteiger partial charge in [0.2, 0.25) is 0 Å². The number of fused-ring (bicyclic) bond motifs is 1. The van der Waals surface area contributed by atoms with E-state index in [0.717, 1.165) is 30.3 Å². The summed E-state index contributed by atoms with van der Waals surface area (Å²) in [5, 5.41) is 11.0. The Kier molecular flexibility index (Phi) is 4.29. The van der Waals surface area contributed by atoms with E-state index in [2.05, 4.69) is 22.4 Å². The lowest BCUT2D eigenvalue weighted by molar-refractivity contribution is 0.637. The van der Waals surface area contributed by atoms with Crippen LogP contribution < -0.4 is 5.32 Å². The average molecular weight is 318 g/mol. The maximum atomic E-state index is 14.5. The summed E-state index contributed by atoms with van der Waals surface area (Å²) in [6.07, 6.45) is 2.13. The van der Waals surface area contributed by atoms with Gasteiger partial charge in [-0.2, -0.15) is 5.10 Å². The molecule has 0 bridgehead atoms. The van der Waals surface area contributed by atoms with E-state index < -0.39 is 5.82 Å². The van der Waals surface area contributed by atoms with Crippen LogP contribution in [0.3, 0.4) is 0 Å². The molecular formula is C17H17ClFN3. The number of rotatable bonds is 5. The summed E-state index contributed by atoms with van der Waals surface area (Å²) in [6.45, 7) is 2.93. The number of anilines is 1. The number of hydrogen-bond acceptors (Lipinski definition) is 2. The molecule has 0 spiro atoms. The van der Waals surface area contributed by atoms with Gasteiger partial charge in [-0.25, -0.2) is 4.39 Å². The molecule has 0 aliphatic rings. The van der Waals surface area contributed by atoms with Crippen molar-refractivity contribution in [3.63, 3.8) is 0 Å². The van der Waals surface area contributed by atoms with Crippen molar-refractivity contribution in [2.45, 2.75) is 19.8 Å². The minimum atomic E-state index is -0.464. The van der Waals surface area contributed by atoms with Crippen molar-refractivity contribution < 1.29 is 4.39 Å². The van der Waals surface area contributed by atoms with Gasteiger partial charge in [-0.05, 0) is 18.1 Å². The van der Waals surface area contributed by atoms with Crippen molar-refractivity contribution in [3.8, 4) is 11.1 Å². The molecule has 0 aliphatic carbocycles. The Labute approximate surface area is 133 Å². The molecule has 0 amide bonds. The Bertz CT molecular complexity index is 783. The third-order valence-electron chi connectivity index (χ3n) is 3.65. The number of benzene rings is 2. The second-order valence-corrected chi connectivity index (χ2v) is 5.57. The fraction of sp³-hybridized carbons (Fsp3) is 0.235. The minimum absolute atomic E-state index is 0.113. The number of halogens is 2. The Morgan fingerprint density at radius 3 is 2.77 bits per heavy atom. The molecule has 1 heterocycles. The molecule has 114 valence electrons. The highest BCUT2D eigenvalue weighted by atomic mass is 35.5. The lowest BCUT2D eigenvalue weighted by Crippen LogP contribution is -2.01. The van der Waals surface area contributed by atoms with Crippen LogP contribution in [-0.4, -0.2) is 16.7 Å². The molecule has 1 aromatic heterocycles. The van der Waals surface area contributed by atoms with Crippen molar-refractivity contribution in [2.24, 2.45) is 0 Å². The lowest BCUT2D eigenvalue weighted by atomic mass is 10.0. The van der Waals surface area contributed by atoms with E-state index in [1.165, 1.54) is 0 Å². The molecule has 0 fully saturated rings. The Morgan fingerprint density at radius 1 is 1.27 bits per heavy atom. The highest BCUT2D eigenvalue weighted by Crippen LogP contribution is 2.36. The summed E-state index contributed by atoms with van der Waals surface area (Å²) >= 11 is 6.20. The number of nitrogens with one attached hydrogen (secondary N) is 2. The molecule has 3 nitrogen and oxygen atoms in total. The van der Waals surface area contributed by atoms with E-state index in [1.807, 2.05) is 36.4 Å². The summed E-state index contributed by atoms with van der Waals surface area (Å²) in [6, 6.07) is 11.4. The van der Waals surface area contributed by atoms with Crippen molar-refractivity contribution in [2.75, 3.05) is 11.9 Å². The van der Waals surface area contributed by atoms with Crippen LogP contribution in [0.4, 0.5) is 10.2 Å². The Balaban J connectivity index is 2.10. The van der Waals surface area contributed by atoms with Gasteiger partial charge in [-0.3, -0.25) is 5.10 Å². The number of hydrogen-bond donors (Lipinski definition) is 2. The van der Waals surface area contributed by atoms with E-state index in [0.29, 0.717) is 16.9 Å². The smallest absolute Gasteiger partial charge is 0.168 e. The Morgan fingerprint density at radius 2 is 2.05 bits per heavy atom. The zero-order valence-corrected chi connectivity index (χ0v) is 13.0. The second kappa shape index (κ2) is 6.36. The van der Waals surface area contributed by atoms with Crippen LogP contribution in [0.5, 0.6) is 0 Å². The molecule has 0 atom stereocenters. The summed E-state index contributed by atoms with van der Waals surface area (Å²) in [7, 11) is 0. The van der Waals surface area contributed by atoms with Crippen molar-refractivity contribution in [1.82, 2.24) is 10.2 Å². The van der Waals surface area contributed by atoms with Gasteiger partial charge in [0.15, 0.2) is 11.6 Å². The fourth-order valence-corrected chi connectivity index (χ4v) is 2.70. The third-order valence-corrected chi connectivity index (χ3v) is 4.02. The van der Waals surface area contributed by atoms with Crippen LogP contribution in [0.25, 0.3) is 22.0 Å². The second-order valence-electron chi connectivity index (χ2n) is 5.19. The van der Waals surface area contributed by atoms with Gasteiger partial charge in [0.05, 0.1) is 5.02 Å². The maximum Gasteiger partial charge on any atom is 0.168 e. The number of aromatic amines is 1. The quantitative estimate of drug-likeness (QED) is 0.632. The molecule has 0 saturated heterocycles. The number of nitrogens with zero attached hydrogens (tertiary/aromatic N) is 1. The van der Waals surface area contributed by atoms with E-state index >= 15 is 0 Å². The van der Waals surface area contributed by atoms with Crippen LogP contribution >= 0.6 is 11.6 Å². The van der Waals surface area contributed by atoms with Gasteiger partial charge in [-0.1, -0.05) is 55.3 Å². The monoisotopic (exact) mass is 317 g/mol. The topological polar surface area (TPSA) is 40.7 Å². The normalized spacial score (nSPS) is 11.0. The highest BCUT2D eigenvalue weighted by Gasteiger charge is 2.17. The van der Waals surface area contributed by atoms with Gasteiger partial charge in [0, 0.05) is 17.5 Å². The molecule has 0 aliphatic heterocycles. The SMILES string of the molecule is CCCCNc1n[nH]c2c(F)c(Cl)c(-c3ccccc3)cc12. The predicted molar refractivity (Wildman–Crippen MR) is 89.9 cm³/mol. The van der Waals surface area contributed by atoms with Crippen molar-refractivity contribution in [3.05, 3.63) is 47.2 Å². The van der Waals surface area contributed by atoms with Crippen LogP contribution in [0.1, 0.15) is 19.8 Å². The average Bonchev–Trinajstić information content (AvgIpc) is 2.95. The van der Waals surface area contributed by atoms with Crippen LogP contribution in [0.15, 0.2) is 36.4 Å². The molecule has 5 heteroatoms. The standard InChI is InChI=1S/C17H17ClFN3/c1-2-3-9-20-17-13-10-12(11-7-5-4-6-8-11)14(18)15(19)16(13)21-22-17/h4-8,10H,2-3,9H2,1H3,(H2,20,21,22). The summed E-state index contributed by atoms with van der Waals surface area (Å²) < 4.78 is 14.5. The minimum Gasteiger partial charge on any atom is -0.368 e. The van der Waals surface area contributed by atoms with E-state index in [9.17, 15) is 4.39 Å². The van der Waals surface area contributed by atoms with Crippen LogP contribution in [0.2, 0.25) is 5.02 Å². The first-order chi connectivity index (χ1) is 10.7. The first kappa shape index (κ1) is 14.9. The zero-order chi connectivity index (χ0) is 15.5. The molecule has 2 aromatic carbocycles. The van der Waals surface area contributed by atoms with Gasteiger partial charge in [0.1, 0.15) is 5.52 Å². The molecule has 3 aromatic rings. The van der Waals surface area contributed by atoms with Crippen LogP contribution in [0, 0.1) is 5.82 Å². The van der Waals surface area contributed by atoms with E-state index in [4.69, 9.17) is 11.6 Å². The molecule has 0 radical (unpaired) electrons. The number of aromatic nitrogens is 2. The summed E-state index contributed by atoms with van der Waals surface area (Å²) in [5.41, 5.74) is 1.89. The van der Waals surface area contributed by atoms with Crippen molar-refractivity contribution >= 4 is 28.3 Å². The molecule has 22 heavy (non-hydrogen) atoms. The van der Waals surface area contributed by atoms with Crippen LogP contribution in [-0.2, 0) is 0 Å². The maximum absolute atomic E-state index is 14.5. The Hall–Kier alpha value is -2.07. The largest absolute Gasteiger partial charge is 0.368 e. The van der Waals surface area contributed by atoms with Gasteiger partial charge < -0.3 is 5.32 Å². The fourth-order valence-electron chi connectivity index (χ4n) is 2.44. The molecular weight excluding hydrogens is 301 g/mol. The number of unbranched alkanes of at least 4 members (excludes halogenated alkanes) is 1. The van der Waals surface area contributed by atoms with Gasteiger partial charge in [-0.15, -0.1) is 0 Å². The molecule has 0 saturated carbocycles. The summed E-state index contributed by atoms with van der Waals surface area (Å²) in [5.74, 6) is 0.199. The lowest BCUT2D eigenvalue weighted by Gasteiger charge is -2.08. The van der Waals surface area contributed by atoms with Gasteiger partial charge >= 0.3 is 0 Å². The predicted octanol–water partition coefficient (Wildman–Crippen LogP) is 5.23. The third kappa shape index (κ3) is 2.66. The summed E-state index contributed by atoms with van der Waals surface area (Å²) in [4.78, 5) is 0. The molecule has 3 rings (SSSR count). The highest BCUT2D eigenvalue weighted by molar-refractivity contribution is 6.34. The van der Waals surface area contributed by atoms with Crippen molar-refractivity contribution in [1.29, 1.82) is 0 Å². The first-order valence-corrected chi connectivity index (χ1v) is 7.75. The molecule has 0 unspecified atom stereocenters. The zero-order valence-electron chi connectivity index (χ0n) is 12.3. The van der Waals surface area contributed by atoms with E-state index in [1.54, 1.807) is 0 Å². The van der Waals surface area contributed by atoms with E-state index in [-0.39, 0.29) is 5.02 Å². The molecule has 2 N–H and O–H groups in total.